The first kappa shape index (κ1) is 14.1. The molecule has 0 aromatic carbocycles. The molecule has 1 unspecified atom stereocenters. The molecule has 1 atom stereocenters. The average Bonchev–Trinajstić information content (AvgIpc) is 2.35. The first-order valence-electron chi connectivity index (χ1n) is 5.76. The molecule has 0 aliphatic carbocycles. The summed E-state index contributed by atoms with van der Waals surface area (Å²) >= 11 is 0. The maximum Gasteiger partial charge on any atom is 0.308 e. The molecule has 6 heteroatoms. The zero-order valence-corrected chi connectivity index (χ0v) is 10.8. The first-order valence-corrected chi connectivity index (χ1v) is 5.76. The maximum absolute atomic E-state index is 12.1. The number of hydrogen-bond acceptors (Lipinski definition) is 4. The van der Waals surface area contributed by atoms with Gasteiger partial charge in [0.05, 0.1) is 17.8 Å². The van der Waals surface area contributed by atoms with Crippen molar-refractivity contribution in [3.63, 3.8) is 0 Å². The third kappa shape index (κ3) is 3.51. The molecule has 1 amide bonds. The highest BCUT2D eigenvalue weighted by atomic mass is 16.4. The summed E-state index contributed by atoms with van der Waals surface area (Å²) in [4.78, 5) is 32.3. The Morgan fingerprint density at radius 2 is 2.06 bits per heavy atom. The predicted octanol–water partition coefficient (Wildman–Crippen LogP) is 0.968. The van der Waals surface area contributed by atoms with Gasteiger partial charge >= 0.3 is 5.97 Å². The lowest BCUT2D eigenvalue weighted by Gasteiger charge is -2.22. The van der Waals surface area contributed by atoms with Crippen LogP contribution in [0.25, 0.3) is 0 Å². The van der Waals surface area contributed by atoms with Gasteiger partial charge in [0.1, 0.15) is 5.69 Å². The summed E-state index contributed by atoms with van der Waals surface area (Å²) in [5.74, 6) is -1.82. The fraction of sp³-hybridized carbons (Fsp3) is 0.500. The average molecular weight is 251 g/mol. The minimum absolute atomic E-state index is 0.167. The van der Waals surface area contributed by atoms with Gasteiger partial charge in [0.2, 0.25) is 0 Å². The van der Waals surface area contributed by atoms with Gasteiger partial charge in [-0.05, 0) is 13.8 Å². The van der Waals surface area contributed by atoms with Crippen molar-refractivity contribution < 1.29 is 14.7 Å². The highest BCUT2D eigenvalue weighted by molar-refractivity contribution is 5.92. The van der Waals surface area contributed by atoms with Crippen LogP contribution >= 0.6 is 0 Å². The minimum atomic E-state index is -0.920. The van der Waals surface area contributed by atoms with Crippen LogP contribution in [0.3, 0.4) is 0 Å². The molecule has 1 aromatic rings. The number of aromatic nitrogens is 2. The fourth-order valence-corrected chi connectivity index (χ4v) is 1.43. The Morgan fingerprint density at radius 1 is 1.39 bits per heavy atom. The fourth-order valence-electron chi connectivity index (χ4n) is 1.43. The molecule has 1 N–H and O–H groups in total. The van der Waals surface area contributed by atoms with Gasteiger partial charge in [0.25, 0.3) is 5.91 Å². The molecule has 0 saturated carbocycles. The third-order valence-corrected chi connectivity index (χ3v) is 2.58. The number of aryl methyl sites for hydroxylation is 1. The highest BCUT2D eigenvalue weighted by Crippen LogP contribution is 2.05. The topological polar surface area (TPSA) is 83.4 Å². The van der Waals surface area contributed by atoms with E-state index in [-0.39, 0.29) is 18.1 Å². The Kier molecular flexibility index (Phi) is 4.76. The second-order valence-electron chi connectivity index (χ2n) is 4.13. The van der Waals surface area contributed by atoms with E-state index in [1.165, 1.54) is 17.3 Å². The van der Waals surface area contributed by atoms with Crippen LogP contribution in [-0.4, -0.2) is 44.9 Å². The molecule has 0 spiro atoms. The second kappa shape index (κ2) is 6.09. The molecule has 1 aromatic heterocycles. The van der Waals surface area contributed by atoms with Crippen molar-refractivity contribution in [2.24, 2.45) is 5.92 Å². The van der Waals surface area contributed by atoms with Crippen LogP contribution in [0.5, 0.6) is 0 Å². The zero-order chi connectivity index (χ0) is 13.7. The van der Waals surface area contributed by atoms with Crippen LogP contribution in [0.1, 0.15) is 30.0 Å². The van der Waals surface area contributed by atoms with E-state index in [2.05, 4.69) is 9.97 Å². The minimum Gasteiger partial charge on any atom is -0.481 e. The van der Waals surface area contributed by atoms with Crippen molar-refractivity contribution in [2.75, 3.05) is 13.1 Å². The smallest absolute Gasteiger partial charge is 0.308 e. The molecule has 0 aliphatic rings. The van der Waals surface area contributed by atoms with Crippen LogP contribution in [-0.2, 0) is 4.79 Å². The number of nitrogens with zero attached hydrogens (tertiary/aromatic N) is 3. The molecule has 1 rings (SSSR count). The summed E-state index contributed by atoms with van der Waals surface area (Å²) in [7, 11) is 0. The number of amides is 1. The molecule has 0 radical (unpaired) electrons. The molecule has 98 valence electrons. The van der Waals surface area contributed by atoms with E-state index in [4.69, 9.17) is 5.11 Å². The zero-order valence-electron chi connectivity index (χ0n) is 10.8. The lowest BCUT2D eigenvalue weighted by Crippen LogP contribution is -2.37. The monoisotopic (exact) mass is 251 g/mol. The molecule has 0 bridgehead atoms. The van der Waals surface area contributed by atoms with Crippen molar-refractivity contribution in [3.05, 3.63) is 23.8 Å². The molecule has 6 nitrogen and oxygen atoms in total. The normalized spacial score (nSPS) is 11.9. The Hall–Kier alpha value is -1.98. The second-order valence-corrected chi connectivity index (χ2v) is 4.13. The van der Waals surface area contributed by atoms with Gasteiger partial charge < -0.3 is 10.0 Å². The Bertz CT molecular complexity index is 431. The Balaban J connectivity index is 2.79. The van der Waals surface area contributed by atoms with Gasteiger partial charge in [-0.3, -0.25) is 14.6 Å². The number of carbonyl (C=O) groups excluding carboxylic acids is 1. The van der Waals surface area contributed by atoms with Crippen LogP contribution in [0.4, 0.5) is 0 Å². The van der Waals surface area contributed by atoms with Crippen LogP contribution < -0.4 is 0 Å². The quantitative estimate of drug-likeness (QED) is 0.843. The Morgan fingerprint density at radius 3 is 2.50 bits per heavy atom. The van der Waals surface area contributed by atoms with Crippen molar-refractivity contribution in [1.82, 2.24) is 14.9 Å². The molecule has 0 fully saturated rings. The van der Waals surface area contributed by atoms with E-state index in [1.54, 1.807) is 20.8 Å². The first-order chi connectivity index (χ1) is 8.45. The molecule has 18 heavy (non-hydrogen) atoms. The maximum atomic E-state index is 12.1. The van der Waals surface area contributed by atoms with E-state index in [0.717, 1.165) is 5.69 Å². The highest BCUT2D eigenvalue weighted by Gasteiger charge is 2.21. The van der Waals surface area contributed by atoms with Crippen molar-refractivity contribution in [1.29, 1.82) is 0 Å². The largest absolute Gasteiger partial charge is 0.481 e. The summed E-state index contributed by atoms with van der Waals surface area (Å²) in [6.07, 6.45) is 2.92. The van der Waals surface area contributed by atoms with E-state index >= 15 is 0 Å². The van der Waals surface area contributed by atoms with Gasteiger partial charge in [-0.25, -0.2) is 4.98 Å². The molecule has 1 heterocycles. The summed E-state index contributed by atoms with van der Waals surface area (Å²) in [5, 5.41) is 8.85. The lowest BCUT2D eigenvalue weighted by atomic mass is 10.1. The van der Waals surface area contributed by atoms with Crippen molar-refractivity contribution in [3.8, 4) is 0 Å². The summed E-state index contributed by atoms with van der Waals surface area (Å²) < 4.78 is 0. The number of carboxylic acids is 1. The summed E-state index contributed by atoms with van der Waals surface area (Å²) in [6.45, 7) is 5.75. The van der Waals surface area contributed by atoms with Gasteiger partial charge in [-0.1, -0.05) is 6.92 Å². The van der Waals surface area contributed by atoms with E-state index in [9.17, 15) is 9.59 Å². The number of hydrogen-bond donors (Lipinski definition) is 1. The molecule has 0 saturated heterocycles. The molecular formula is C12H17N3O3. The van der Waals surface area contributed by atoms with Crippen LogP contribution in [0, 0.1) is 12.8 Å². The third-order valence-electron chi connectivity index (χ3n) is 2.58. The molecular weight excluding hydrogens is 234 g/mol. The lowest BCUT2D eigenvalue weighted by molar-refractivity contribution is -0.141. The Labute approximate surface area is 106 Å². The van der Waals surface area contributed by atoms with Gasteiger partial charge in [-0.2, -0.15) is 0 Å². The van der Waals surface area contributed by atoms with Gasteiger partial charge in [-0.15, -0.1) is 0 Å². The standard InChI is InChI=1S/C12H17N3O3/c1-4-15(7-8(2)12(17)18)11(16)10-6-13-9(3)5-14-10/h5-6,8H,4,7H2,1-3H3,(H,17,18). The van der Waals surface area contributed by atoms with E-state index in [1.807, 2.05) is 0 Å². The number of carboxylic acid groups (broad SMARTS) is 1. The predicted molar refractivity (Wildman–Crippen MR) is 65.1 cm³/mol. The van der Waals surface area contributed by atoms with Crippen LogP contribution in [0.2, 0.25) is 0 Å². The van der Waals surface area contributed by atoms with E-state index < -0.39 is 11.9 Å². The summed E-state index contributed by atoms with van der Waals surface area (Å²) in [5.41, 5.74) is 0.966. The van der Waals surface area contributed by atoms with Crippen molar-refractivity contribution >= 4 is 11.9 Å². The molecule has 0 aliphatic heterocycles. The SMILES string of the molecule is CCN(CC(C)C(=O)O)C(=O)c1cnc(C)cn1. The van der Waals surface area contributed by atoms with E-state index in [0.29, 0.717) is 6.54 Å². The van der Waals surface area contributed by atoms with Gasteiger partial charge in [0, 0.05) is 19.3 Å². The number of carbonyl (C=O) groups is 2. The number of aliphatic carboxylic acids is 1. The number of rotatable bonds is 5. The van der Waals surface area contributed by atoms with Crippen molar-refractivity contribution in [2.45, 2.75) is 20.8 Å². The summed E-state index contributed by atoms with van der Waals surface area (Å²) in [6, 6.07) is 0. The van der Waals surface area contributed by atoms with Crippen LogP contribution in [0.15, 0.2) is 12.4 Å². The van der Waals surface area contributed by atoms with Gasteiger partial charge in [0.15, 0.2) is 0 Å².